The molecule has 2 aromatic carbocycles. The number of carbonyl (C=O) groups is 3. The number of ether oxygens (including phenoxy) is 1. The Kier molecular flexibility index (Phi) is 7.53. The summed E-state index contributed by atoms with van der Waals surface area (Å²) in [6.07, 6.45) is -1.02. The van der Waals surface area contributed by atoms with E-state index in [2.05, 4.69) is 10.6 Å². The van der Waals surface area contributed by atoms with Crippen LogP contribution >= 0.6 is 0 Å². The van der Waals surface area contributed by atoms with E-state index in [0.717, 1.165) is 5.56 Å². The standard InChI is InChI=1S/C23H28N2O4/c1-16(21(27)25-23(2,3)4)29-20(26)15-19(17-11-7-5-8-12-17)24-22(28)18-13-9-6-10-14-18/h5-14,16,19H,15H2,1-4H3,(H,24,28)(H,25,27). The molecule has 2 amide bonds. The number of esters is 1. The lowest BCUT2D eigenvalue weighted by Crippen LogP contribution is -2.46. The summed E-state index contributed by atoms with van der Waals surface area (Å²) in [6.45, 7) is 7.08. The third-order valence-electron chi connectivity index (χ3n) is 4.09. The Labute approximate surface area is 171 Å². The molecule has 0 bridgehead atoms. The van der Waals surface area contributed by atoms with Crippen LogP contribution in [0, 0.1) is 0 Å². The Bertz CT molecular complexity index is 829. The Balaban J connectivity index is 2.07. The third-order valence-corrected chi connectivity index (χ3v) is 4.09. The Morgan fingerprint density at radius 2 is 1.48 bits per heavy atom. The number of rotatable bonds is 7. The van der Waals surface area contributed by atoms with Crippen LogP contribution in [-0.4, -0.2) is 29.4 Å². The molecule has 2 aromatic rings. The zero-order chi connectivity index (χ0) is 21.4. The van der Waals surface area contributed by atoms with E-state index in [9.17, 15) is 14.4 Å². The summed E-state index contributed by atoms with van der Waals surface area (Å²) < 4.78 is 5.30. The molecule has 2 rings (SSSR count). The van der Waals surface area contributed by atoms with Gasteiger partial charge in [-0.2, -0.15) is 0 Å². The molecule has 6 nitrogen and oxygen atoms in total. The van der Waals surface area contributed by atoms with Gasteiger partial charge in [0.1, 0.15) is 0 Å². The van der Waals surface area contributed by atoms with E-state index < -0.39 is 23.7 Å². The van der Waals surface area contributed by atoms with Gasteiger partial charge in [0, 0.05) is 11.1 Å². The summed E-state index contributed by atoms with van der Waals surface area (Å²) in [5.74, 6) is -1.22. The van der Waals surface area contributed by atoms with E-state index in [1.807, 2.05) is 57.2 Å². The molecule has 2 unspecified atom stereocenters. The van der Waals surface area contributed by atoms with Crippen LogP contribution in [0.4, 0.5) is 0 Å². The number of nitrogens with one attached hydrogen (secondary N) is 2. The van der Waals surface area contributed by atoms with E-state index in [1.165, 1.54) is 6.92 Å². The van der Waals surface area contributed by atoms with Crippen LogP contribution in [0.15, 0.2) is 60.7 Å². The molecule has 0 aliphatic carbocycles. The summed E-state index contributed by atoms with van der Waals surface area (Å²) >= 11 is 0. The van der Waals surface area contributed by atoms with Crippen molar-refractivity contribution in [2.24, 2.45) is 0 Å². The highest BCUT2D eigenvalue weighted by atomic mass is 16.5. The molecule has 0 saturated carbocycles. The Hall–Kier alpha value is -3.15. The van der Waals surface area contributed by atoms with Crippen molar-refractivity contribution in [2.45, 2.75) is 51.8 Å². The summed E-state index contributed by atoms with van der Waals surface area (Å²) in [5, 5.41) is 5.66. The highest BCUT2D eigenvalue weighted by Crippen LogP contribution is 2.19. The van der Waals surface area contributed by atoms with Gasteiger partial charge in [0.25, 0.3) is 11.8 Å². The molecule has 0 fully saturated rings. The molecule has 29 heavy (non-hydrogen) atoms. The first-order chi connectivity index (χ1) is 13.7. The van der Waals surface area contributed by atoms with Crippen molar-refractivity contribution in [3.63, 3.8) is 0 Å². The van der Waals surface area contributed by atoms with Crippen LogP contribution in [-0.2, 0) is 14.3 Å². The van der Waals surface area contributed by atoms with Crippen molar-refractivity contribution in [3.05, 3.63) is 71.8 Å². The van der Waals surface area contributed by atoms with Gasteiger partial charge in [0.05, 0.1) is 12.5 Å². The molecular formula is C23H28N2O4. The fourth-order valence-corrected chi connectivity index (χ4v) is 2.71. The SMILES string of the molecule is CC(OC(=O)CC(NC(=O)c1ccccc1)c1ccccc1)C(=O)NC(C)(C)C. The van der Waals surface area contributed by atoms with E-state index >= 15 is 0 Å². The van der Waals surface area contributed by atoms with Crippen LogP contribution in [0.3, 0.4) is 0 Å². The first kappa shape index (κ1) is 22.1. The maximum atomic E-state index is 12.6. The van der Waals surface area contributed by atoms with Crippen molar-refractivity contribution in [2.75, 3.05) is 0 Å². The first-order valence-electron chi connectivity index (χ1n) is 9.58. The maximum absolute atomic E-state index is 12.6. The van der Waals surface area contributed by atoms with Crippen LogP contribution < -0.4 is 10.6 Å². The molecule has 2 N–H and O–H groups in total. The molecule has 154 valence electrons. The minimum absolute atomic E-state index is 0.0876. The van der Waals surface area contributed by atoms with Crippen molar-refractivity contribution in [3.8, 4) is 0 Å². The quantitative estimate of drug-likeness (QED) is 0.703. The molecule has 0 heterocycles. The van der Waals surface area contributed by atoms with Crippen molar-refractivity contribution in [1.82, 2.24) is 10.6 Å². The fraction of sp³-hybridized carbons (Fsp3) is 0.348. The second kappa shape index (κ2) is 9.87. The van der Waals surface area contributed by atoms with Gasteiger partial charge in [-0.1, -0.05) is 48.5 Å². The largest absolute Gasteiger partial charge is 0.452 e. The van der Waals surface area contributed by atoms with Gasteiger partial charge in [0.15, 0.2) is 6.10 Å². The summed E-state index contributed by atoms with van der Waals surface area (Å²) in [6, 6.07) is 17.4. The topological polar surface area (TPSA) is 84.5 Å². The highest BCUT2D eigenvalue weighted by Gasteiger charge is 2.25. The van der Waals surface area contributed by atoms with Crippen LogP contribution in [0.2, 0.25) is 0 Å². The van der Waals surface area contributed by atoms with E-state index in [-0.39, 0.29) is 18.2 Å². The summed E-state index contributed by atoms with van der Waals surface area (Å²) in [7, 11) is 0. The van der Waals surface area contributed by atoms with Gasteiger partial charge in [-0.15, -0.1) is 0 Å². The molecule has 0 saturated heterocycles. The zero-order valence-corrected chi connectivity index (χ0v) is 17.3. The number of carbonyl (C=O) groups excluding carboxylic acids is 3. The molecule has 0 aliphatic heterocycles. The van der Waals surface area contributed by atoms with Crippen molar-refractivity contribution in [1.29, 1.82) is 0 Å². The predicted molar refractivity (Wildman–Crippen MR) is 111 cm³/mol. The van der Waals surface area contributed by atoms with Crippen LogP contribution in [0.5, 0.6) is 0 Å². The number of benzene rings is 2. The Morgan fingerprint density at radius 3 is 2.03 bits per heavy atom. The lowest BCUT2D eigenvalue weighted by atomic mass is 10.0. The van der Waals surface area contributed by atoms with Crippen LogP contribution in [0.1, 0.15) is 56.1 Å². The smallest absolute Gasteiger partial charge is 0.309 e. The molecular weight excluding hydrogens is 368 g/mol. The normalized spacial score (nSPS) is 13.1. The van der Waals surface area contributed by atoms with Gasteiger partial charge in [-0.25, -0.2) is 0 Å². The second-order valence-electron chi connectivity index (χ2n) is 7.88. The molecule has 0 spiro atoms. The fourth-order valence-electron chi connectivity index (χ4n) is 2.71. The molecule has 2 atom stereocenters. The minimum atomic E-state index is -0.928. The van der Waals surface area contributed by atoms with Gasteiger partial charge < -0.3 is 15.4 Å². The van der Waals surface area contributed by atoms with Gasteiger partial charge in [0.2, 0.25) is 0 Å². The average Bonchev–Trinajstić information content (AvgIpc) is 2.67. The minimum Gasteiger partial charge on any atom is -0.452 e. The lowest BCUT2D eigenvalue weighted by molar-refractivity contribution is -0.155. The Morgan fingerprint density at radius 1 is 0.931 bits per heavy atom. The number of hydrogen-bond donors (Lipinski definition) is 2. The van der Waals surface area contributed by atoms with Crippen LogP contribution in [0.25, 0.3) is 0 Å². The average molecular weight is 396 g/mol. The van der Waals surface area contributed by atoms with Gasteiger partial charge in [-0.05, 0) is 45.4 Å². The molecule has 6 heteroatoms. The maximum Gasteiger partial charge on any atom is 0.309 e. The van der Waals surface area contributed by atoms with E-state index in [0.29, 0.717) is 5.56 Å². The predicted octanol–water partition coefficient (Wildman–Crippen LogP) is 3.39. The van der Waals surface area contributed by atoms with Gasteiger partial charge in [-0.3, -0.25) is 14.4 Å². The van der Waals surface area contributed by atoms with E-state index in [4.69, 9.17) is 4.74 Å². The molecule has 0 aliphatic rings. The molecule has 0 radical (unpaired) electrons. The zero-order valence-electron chi connectivity index (χ0n) is 17.3. The van der Waals surface area contributed by atoms with Crippen molar-refractivity contribution >= 4 is 17.8 Å². The summed E-state index contributed by atoms with van der Waals surface area (Å²) in [4.78, 5) is 37.2. The second-order valence-corrected chi connectivity index (χ2v) is 7.88. The third kappa shape index (κ3) is 7.41. The number of amides is 2. The summed E-state index contributed by atoms with van der Waals surface area (Å²) in [5.41, 5.74) is 0.855. The van der Waals surface area contributed by atoms with Crippen molar-refractivity contribution < 1.29 is 19.1 Å². The van der Waals surface area contributed by atoms with E-state index in [1.54, 1.807) is 24.3 Å². The first-order valence-corrected chi connectivity index (χ1v) is 9.58. The lowest BCUT2D eigenvalue weighted by Gasteiger charge is -2.24. The number of hydrogen-bond acceptors (Lipinski definition) is 4. The molecule has 0 aromatic heterocycles. The highest BCUT2D eigenvalue weighted by molar-refractivity contribution is 5.94. The monoisotopic (exact) mass is 396 g/mol. The van der Waals surface area contributed by atoms with Gasteiger partial charge >= 0.3 is 5.97 Å².